The first-order valence-electron chi connectivity index (χ1n) is 8.65. The topological polar surface area (TPSA) is 95.4 Å². The summed E-state index contributed by atoms with van der Waals surface area (Å²) in [4.78, 5) is 33.1. The minimum absolute atomic E-state index is 0.0198. The minimum Gasteiger partial charge on any atom is -0.507 e. The number of phenolic OH excluding ortho intramolecular Hbond substituents is 1. The molecule has 1 saturated heterocycles. The maximum Gasteiger partial charge on any atom is 0.433 e. The normalized spacial score (nSPS) is 16.5. The monoisotopic (exact) mass is 406 g/mol. The zero-order valence-corrected chi connectivity index (χ0v) is 15.1. The van der Waals surface area contributed by atoms with Crippen molar-refractivity contribution in [2.45, 2.75) is 18.5 Å². The van der Waals surface area contributed by atoms with Crippen molar-refractivity contribution in [3.63, 3.8) is 0 Å². The van der Waals surface area contributed by atoms with Crippen molar-refractivity contribution in [3.8, 4) is 5.75 Å². The summed E-state index contributed by atoms with van der Waals surface area (Å²) in [5.41, 5.74) is -0.763. The Hall–Kier alpha value is -3.43. The van der Waals surface area contributed by atoms with Gasteiger partial charge in [-0.3, -0.25) is 9.59 Å². The molecule has 0 spiro atoms. The number of nitrogens with zero attached hydrogens (tertiary/aromatic N) is 3. The number of hydrogen-bond donors (Lipinski definition) is 2. The number of aromatic hydroxyl groups is 1. The fraction of sp³-hybridized carbons (Fsp3) is 0.263. The Kier molecular flexibility index (Phi) is 5.53. The van der Waals surface area contributed by atoms with E-state index in [9.17, 15) is 27.9 Å². The first-order valence-corrected chi connectivity index (χ1v) is 8.65. The molecule has 0 radical (unpaired) electrons. The second kappa shape index (κ2) is 7.90. The summed E-state index contributed by atoms with van der Waals surface area (Å²) in [6.07, 6.45) is -2.07. The van der Waals surface area contributed by atoms with Crippen LogP contribution >= 0.6 is 0 Å². The van der Waals surface area contributed by atoms with E-state index >= 15 is 0 Å². The molecule has 1 aliphatic rings. The number of rotatable bonds is 4. The number of phenols is 1. The number of likely N-dealkylation sites (tertiary alicyclic amines) is 1. The van der Waals surface area contributed by atoms with Crippen LogP contribution < -0.4 is 5.32 Å². The van der Waals surface area contributed by atoms with Crippen LogP contribution in [0.1, 0.15) is 34.2 Å². The molecule has 1 aliphatic heterocycles. The molecule has 1 unspecified atom stereocenters. The lowest BCUT2D eigenvalue weighted by Gasteiger charge is -2.18. The van der Waals surface area contributed by atoms with E-state index in [-0.39, 0.29) is 30.2 Å². The van der Waals surface area contributed by atoms with Gasteiger partial charge in [-0.2, -0.15) is 13.2 Å². The molecule has 1 aromatic heterocycles. The molecule has 2 amide bonds. The van der Waals surface area contributed by atoms with Gasteiger partial charge in [-0.1, -0.05) is 6.58 Å². The molecule has 2 heterocycles. The molecule has 1 fully saturated rings. The SMILES string of the molecule is C=CC(=O)Nc1ccc(O)c(C(=O)N2CCC(c3nccc(C(F)(F)F)n3)C2)c1. The van der Waals surface area contributed by atoms with Gasteiger partial charge in [0.1, 0.15) is 17.3 Å². The van der Waals surface area contributed by atoms with Crippen molar-refractivity contribution in [1.82, 2.24) is 14.9 Å². The van der Waals surface area contributed by atoms with Crippen LogP contribution in [0.3, 0.4) is 0 Å². The smallest absolute Gasteiger partial charge is 0.433 e. The molecule has 0 saturated carbocycles. The number of aromatic nitrogens is 2. The summed E-state index contributed by atoms with van der Waals surface area (Å²) in [6.45, 7) is 3.72. The summed E-state index contributed by atoms with van der Waals surface area (Å²) in [5.74, 6) is -1.69. The molecular weight excluding hydrogens is 389 g/mol. The van der Waals surface area contributed by atoms with E-state index in [1.165, 1.54) is 23.1 Å². The van der Waals surface area contributed by atoms with Gasteiger partial charge in [0.2, 0.25) is 5.91 Å². The summed E-state index contributed by atoms with van der Waals surface area (Å²) >= 11 is 0. The molecule has 29 heavy (non-hydrogen) atoms. The molecule has 1 atom stereocenters. The van der Waals surface area contributed by atoms with Crippen molar-refractivity contribution in [2.75, 3.05) is 18.4 Å². The number of benzene rings is 1. The van der Waals surface area contributed by atoms with Crippen LogP contribution in [0.4, 0.5) is 18.9 Å². The van der Waals surface area contributed by atoms with Gasteiger partial charge in [-0.25, -0.2) is 9.97 Å². The zero-order chi connectivity index (χ0) is 21.2. The molecule has 2 aromatic rings. The Morgan fingerprint density at radius 1 is 1.31 bits per heavy atom. The van der Waals surface area contributed by atoms with E-state index in [4.69, 9.17) is 0 Å². The Morgan fingerprint density at radius 3 is 2.76 bits per heavy atom. The van der Waals surface area contributed by atoms with Crippen LogP contribution in [0, 0.1) is 0 Å². The fourth-order valence-electron chi connectivity index (χ4n) is 3.03. The molecule has 2 N–H and O–H groups in total. The lowest BCUT2D eigenvalue weighted by atomic mass is 10.1. The average molecular weight is 406 g/mol. The van der Waals surface area contributed by atoms with Crippen molar-refractivity contribution in [3.05, 3.63) is 60.2 Å². The first kappa shape index (κ1) is 20.3. The van der Waals surface area contributed by atoms with E-state index in [0.717, 1.165) is 18.3 Å². The van der Waals surface area contributed by atoms with Crippen LogP contribution in [-0.2, 0) is 11.0 Å². The van der Waals surface area contributed by atoms with Gasteiger partial charge in [-0.15, -0.1) is 0 Å². The largest absolute Gasteiger partial charge is 0.507 e. The lowest BCUT2D eigenvalue weighted by Crippen LogP contribution is -2.29. The van der Waals surface area contributed by atoms with E-state index in [2.05, 4.69) is 21.9 Å². The van der Waals surface area contributed by atoms with Crippen molar-refractivity contribution in [1.29, 1.82) is 0 Å². The Balaban J connectivity index is 1.77. The van der Waals surface area contributed by atoms with E-state index in [1.54, 1.807) is 0 Å². The predicted molar refractivity (Wildman–Crippen MR) is 97.2 cm³/mol. The molecule has 1 aromatic carbocycles. The van der Waals surface area contributed by atoms with Crippen LogP contribution in [-0.4, -0.2) is 44.9 Å². The molecule has 152 valence electrons. The first-order chi connectivity index (χ1) is 13.7. The Bertz CT molecular complexity index is 962. The number of carbonyl (C=O) groups excluding carboxylic acids is 2. The van der Waals surface area contributed by atoms with Crippen LogP contribution in [0.5, 0.6) is 5.75 Å². The molecular formula is C19H17F3N4O3. The highest BCUT2D eigenvalue weighted by Crippen LogP contribution is 2.32. The molecule has 0 bridgehead atoms. The number of anilines is 1. The second-order valence-electron chi connectivity index (χ2n) is 6.46. The lowest BCUT2D eigenvalue weighted by molar-refractivity contribution is -0.141. The second-order valence-corrected chi connectivity index (χ2v) is 6.46. The van der Waals surface area contributed by atoms with Crippen molar-refractivity contribution in [2.24, 2.45) is 0 Å². The standard InChI is InChI=1S/C19H17F3N4O3/c1-2-16(28)24-12-3-4-14(27)13(9-12)18(29)26-8-6-11(10-26)17-23-7-5-15(25-17)19(20,21)22/h2-5,7,9,11,27H,1,6,8,10H2,(H,24,28). The van der Waals surface area contributed by atoms with Gasteiger partial charge in [0.05, 0.1) is 5.56 Å². The van der Waals surface area contributed by atoms with Crippen molar-refractivity contribution < 1.29 is 27.9 Å². The minimum atomic E-state index is -4.58. The van der Waals surface area contributed by atoms with Gasteiger partial charge >= 0.3 is 6.18 Å². The van der Waals surface area contributed by atoms with Gasteiger partial charge in [0.15, 0.2) is 0 Å². The highest BCUT2D eigenvalue weighted by molar-refractivity contribution is 6.02. The third-order valence-corrected chi connectivity index (χ3v) is 4.49. The highest BCUT2D eigenvalue weighted by Gasteiger charge is 2.35. The molecule has 10 heteroatoms. The summed E-state index contributed by atoms with van der Waals surface area (Å²) < 4.78 is 38.6. The summed E-state index contributed by atoms with van der Waals surface area (Å²) in [7, 11) is 0. The summed E-state index contributed by atoms with van der Waals surface area (Å²) in [5, 5.41) is 12.5. The molecule has 3 rings (SSSR count). The highest BCUT2D eigenvalue weighted by atomic mass is 19.4. The zero-order valence-electron chi connectivity index (χ0n) is 15.1. The third kappa shape index (κ3) is 4.53. The number of nitrogens with one attached hydrogen (secondary N) is 1. The number of carbonyl (C=O) groups is 2. The van der Waals surface area contributed by atoms with Gasteiger partial charge in [0, 0.05) is 30.9 Å². The third-order valence-electron chi connectivity index (χ3n) is 4.49. The van der Waals surface area contributed by atoms with E-state index in [1.807, 2.05) is 0 Å². The number of alkyl halides is 3. The Morgan fingerprint density at radius 2 is 2.07 bits per heavy atom. The van der Waals surface area contributed by atoms with Crippen molar-refractivity contribution >= 4 is 17.5 Å². The summed E-state index contributed by atoms with van der Waals surface area (Å²) in [6, 6.07) is 4.82. The Labute approximate surface area is 163 Å². The number of hydrogen-bond acceptors (Lipinski definition) is 5. The van der Waals surface area contributed by atoms with Gasteiger partial charge in [-0.05, 0) is 36.8 Å². The fourth-order valence-corrected chi connectivity index (χ4v) is 3.03. The molecule has 7 nitrogen and oxygen atoms in total. The van der Waals surface area contributed by atoms with E-state index in [0.29, 0.717) is 12.1 Å². The predicted octanol–water partition coefficient (Wildman–Crippen LogP) is 2.96. The van der Waals surface area contributed by atoms with Crippen LogP contribution in [0.2, 0.25) is 0 Å². The van der Waals surface area contributed by atoms with Gasteiger partial charge in [0.25, 0.3) is 5.91 Å². The quantitative estimate of drug-likeness (QED) is 0.601. The number of halogens is 3. The van der Waals surface area contributed by atoms with E-state index < -0.39 is 29.6 Å². The van der Waals surface area contributed by atoms with Crippen LogP contribution in [0.25, 0.3) is 0 Å². The maximum atomic E-state index is 12.9. The average Bonchev–Trinajstić information content (AvgIpc) is 3.18. The van der Waals surface area contributed by atoms with Gasteiger partial charge < -0.3 is 15.3 Å². The number of amides is 2. The molecule has 0 aliphatic carbocycles. The van der Waals surface area contributed by atoms with Crippen LogP contribution in [0.15, 0.2) is 43.1 Å². The maximum absolute atomic E-state index is 12.9.